The Balaban J connectivity index is 1.80. The van der Waals surface area contributed by atoms with Gasteiger partial charge in [-0.15, -0.1) is 0 Å². The van der Waals surface area contributed by atoms with Crippen LogP contribution in [0.1, 0.15) is 49.7 Å². The zero-order chi connectivity index (χ0) is 18.1. The third-order valence-electron chi connectivity index (χ3n) is 4.83. The second-order valence-electron chi connectivity index (χ2n) is 7.24. The summed E-state index contributed by atoms with van der Waals surface area (Å²) in [6.07, 6.45) is 9.87. The molecule has 0 unspecified atom stereocenters. The number of aliphatic carboxylic acids is 1. The van der Waals surface area contributed by atoms with E-state index in [1.807, 2.05) is 0 Å². The van der Waals surface area contributed by atoms with Crippen LogP contribution in [0.5, 0.6) is 0 Å². The molecule has 1 aliphatic rings. The predicted octanol–water partition coefficient (Wildman–Crippen LogP) is 4.20. The number of rotatable bonds is 9. The van der Waals surface area contributed by atoms with Crippen LogP contribution in [0.2, 0.25) is 0 Å². The third kappa shape index (κ3) is 7.41. The Morgan fingerprint density at radius 2 is 1.96 bits per heavy atom. The molecule has 2 rings (SSSR count). The number of carbonyl (C=O) groups is 1. The highest BCUT2D eigenvalue weighted by molar-refractivity contribution is 5.67. The molecule has 0 aromatic heterocycles. The van der Waals surface area contributed by atoms with Crippen molar-refractivity contribution in [3.05, 3.63) is 41.5 Å². The van der Waals surface area contributed by atoms with Crippen molar-refractivity contribution in [2.45, 2.75) is 51.2 Å². The largest absolute Gasteiger partial charge is 0.481 e. The Bertz CT molecular complexity index is 560. The van der Waals surface area contributed by atoms with Crippen molar-refractivity contribution in [1.82, 2.24) is 4.90 Å². The van der Waals surface area contributed by atoms with E-state index < -0.39 is 5.97 Å². The van der Waals surface area contributed by atoms with E-state index in [-0.39, 0.29) is 6.10 Å². The summed E-state index contributed by atoms with van der Waals surface area (Å²) in [5.74, 6) is -0.358. The molecule has 1 aromatic carbocycles. The van der Waals surface area contributed by atoms with E-state index in [2.05, 4.69) is 55.4 Å². The molecule has 0 amide bonds. The van der Waals surface area contributed by atoms with E-state index in [1.165, 1.54) is 11.1 Å². The van der Waals surface area contributed by atoms with Crippen LogP contribution in [-0.4, -0.2) is 42.7 Å². The van der Waals surface area contributed by atoms with Crippen LogP contribution in [0.25, 0.3) is 6.08 Å². The molecule has 0 heterocycles. The second-order valence-corrected chi connectivity index (χ2v) is 7.24. The number of carboxylic acid groups (broad SMARTS) is 1. The van der Waals surface area contributed by atoms with Crippen molar-refractivity contribution < 1.29 is 14.6 Å². The Morgan fingerprint density at radius 1 is 1.24 bits per heavy atom. The van der Waals surface area contributed by atoms with E-state index in [9.17, 15) is 4.79 Å². The van der Waals surface area contributed by atoms with Crippen molar-refractivity contribution in [1.29, 1.82) is 0 Å². The van der Waals surface area contributed by atoms with Crippen LogP contribution in [-0.2, 0) is 16.1 Å². The molecule has 1 N–H and O–H groups in total. The molecule has 0 aliphatic heterocycles. The SMILES string of the molecule is CN(C)CC/C=C/c1ccccc1COC1CCC(CC(=O)O)CC1. The van der Waals surface area contributed by atoms with E-state index in [4.69, 9.17) is 9.84 Å². The number of benzene rings is 1. The average Bonchev–Trinajstić information content (AvgIpc) is 2.58. The minimum Gasteiger partial charge on any atom is -0.481 e. The molecule has 138 valence electrons. The zero-order valence-electron chi connectivity index (χ0n) is 15.5. The summed E-state index contributed by atoms with van der Waals surface area (Å²) >= 11 is 0. The summed E-state index contributed by atoms with van der Waals surface area (Å²) in [5.41, 5.74) is 2.44. The summed E-state index contributed by atoms with van der Waals surface area (Å²) in [5, 5.41) is 8.89. The van der Waals surface area contributed by atoms with Gasteiger partial charge in [0.15, 0.2) is 0 Å². The van der Waals surface area contributed by atoms with Gasteiger partial charge < -0.3 is 14.7 Å². The van der Waals surface area contributed by atoms with Gasteiger partial charge in [-0.1, -0.05) is 36.4 Å². The van der Waals surface area contributed by atoms with Gasteiger partial charge >= 0.3 is 5.97 Å². The molecule has 1 aliphatic carbocycles. The lowest BCUT2D eigenvalue weighted by molar-refractivity contribution is -0.138. The van der Waals surface area contributed by atoms with Gasteiger partial charge in [-0.25, -0.2) is 0 Å². The highest BCUT2D eigenvalue weighted by Gasteiger charge is 2.23. The molecule has 0 radical (unpaired) electrons. The van der Waals surface area contributed by atoms with Crippen molar-refractivity contribution in [3.8, 4) is 0 Å². The lowest BCUT2D eigenvalue weighted by Crippen LogP contribution is -2.23. The van der Waals surface area contributed by atoms with Gasteiger partial charge in [-0.05, 0) is 63.2 Å². The van der Waals surface area contributed by atoms with Crippen molar-refractivity contribution >= 4 is 12.0 Å². The van der Waals surface area contributed by atoms with Crippen LogP contribution in [0.15, 0.2) is 30.3 Å². The molecule has 0 bridgehead atoms. The summed E-state index contributed by atoms with van der Waals surface area (Å²) < 4.78 is 6.12. The Labute approximate surface area is 151 Å². The smallest absolute Gasteiger partial charge is 0.303 e. The van der Waals surface area contributed by atoms with Crippen molar-refractivity contribution in [3.63, 3.8) is 0 Å². The minimum atomic E-state index is -0.681. The lowest BCUT2D eigenvalue weighted by atomic mass is 9.85. The van der Waals surface area contributed by atoms with Gasteiger partial charge in [-0.3, -0.25) is 4.79 Å². The highest BCUT2D eigenvalue weighted by atomic mass is 16.5. The number of hydrogen-bond donors (Lipinski definition) is 1. The van der Waals surface area contributed by atoms with Gasteiger partial charge in [0.1, 0.15) is 0 Å². The van der Waals surface area contributed by atoms with Gasteiger partial charge in [0, 0.05) is 13.0 Å². The van der Waals surface area contributed by atoms with Crippen LogP contribution >= 0.6 is 0 Å². The highest BCUT2D eigenvalue weighted by Crippen LogP contribution is 2.29. The maximum absolute atomic E-state index is 10.8. The van der Waals surface area contributed by atoms with Crippen LogP contribution in [0, 0.1) is 5.92 Å². The monoisotopic (exact) mass is 345 g/mol. The Hall–Kier alpha value is -1.65. The molecular weight excluding hydrogens is 314 g/mol. The average molecular weight is 345 g/mol. The Kier molecular flexibility index (Phi) is 8.16. The minimum absolute atomic E-state index is 0.260. The standard InChI is InChI=1S/C21H31NO3/c1-22(2)14-6-5-8-18-7-3-4-9-19(18)16-25-20-12-10-17(11-13-20)15-21(23)24/h3-5,7-9,17,20H,6,10-16H2,1-2H3,(H,23,24)/b8-5+. The first-order valence-corrected chi connectivity index (χ1v) is 9.27. The maximum Gasteiger partial charge on any atom is 0.303 e. The molecular formula is C21H31NO3. The molecule has 0 saturated heterocycles. The second kappa shape index (κ2) is 10.4. The van der Waals surface area contributed by atoms with Crippen LogP contribution in [0.3, 0.4) is 0 Å². The summed E-state index contributed by atoms with van der Waals surface area (Å²) in [6.45, 7) is 1.68. The molecule has 1 fully saturated rings. The number of ether oxygens (including phenoxy) is 1. The molecule has 1 saturated carbocycles. The fourth-order valence-electron chi connectivity index (χ4n) is 3.33. The first kappa shape index (κ1) is 19.7. The Morgan fingerprint density at radius 3 is 2.64 bits per heavy atom. The van der Waals surface area contributed by atoms with Gasteiger partial charge in [-0.2, -0.15) is 0 Å². The van der Waals surface area contributed by atoms with E-state index >= 15 is 0 Å². The van der Waals surface area contributed by atoms with E-state index in [0.29, 0.717) is 18.9 Å². The number of hydrogen-bond acceptors (Lipinski definition) is 3. The summed E-state index contributed by atoms with van der Waals surface area (Å²) in [6, 6.07) is 8.38. The van der Waals surface area contributed by atoms with Gasteiger partial charge in [0.2, 0.25) is 0 Å². The molecule has 0 spiro atoms. The van der Waals surface area contributed by atoms with Crippen molar-refractivity contribution in [2.24, 2.45) is 5.92 Å². The van der Waals surface area contributed by atoms with Crippen molar-refractivity contribution in [2.75, 3.05) is 20.6 Å². The first-order valence-electron chi connectivity index (χ1n) is 9.27. The summed E-state index contributed by atoms with van der Waals surface area (Å²) in [4.78, 5) is 13.0. The first-order chi connectivity index (χ1) is 12.0. The summed E-state index contributed by atoms with van der Waals surface area (Å²) in [7, 11) is 4.17. The normalized spacial score (nSPS) is 21.1. The number of nitrogens with zero attached hydrogens (tertiary/aromatic N) is 1. The molecule has 4 heteroatoms. The molecule has 4 nitrogen and oxygen atoms in total. The molecule has 1 aromatic rings. The topological polar surface area (TPSA) is 49.8 Å². The van der Waals surface area contributed by atoms with Gasteiger partial charge in [0.05, 0.1) is 12.7 Å². The third-order valence-corrected chi connectivity index (χ3v) is 4.83. The quantitative estimate of drug-likeness (QED) is 0.729. The van der Waals surface area contributed by atoms with Crippen LogP contribution in [0.4, 0.5) is 0 Å². The lowest BCUT2D eigenvalue weighted by Gasteiger charge is -2.27. The maximum atomic E-state index is 10.8. The fraction of sp³-hybridized carbons (Fsp3) is 0.571. The predicted molar refractivity (Wildman–Crippen MR) is 101 cm³/mol. The molecule has 25 heavy (non-hydrogen) atoms. The van der Waals surface area contributed by atoms with E-state index in [1.54, 1.807) is 0 Å². The zero-order valence-corrected chi connectivity index (χ0v) is 15.5. The molecule has 0 atom stereocenters. The van der Waals surface area contributed by atoms with Gasteiger partial charge in [0.25, 0.3) is 0 Å². The van der Waals surface area contributed by atoms with E-state index in [0.717, 1.165) is 38.6 Å². The van der Waals surface area contributed by atoms with Crippen LogP contribution < -0.4 is 0 Å². The number of carboxylic acids is 1. The fourth-order valence-corrected chi connectivity index (χ4v) is 3.33.